The quantitative estimate of drug-likeness (QED) is 0.231. The maximum Gasteiger partial charge on any atom is 0.331 e. The van der Waals surface area contributed by atoms with E-state index in [4.69, 9.17) is 14.2 Å². The van der Waals surface area contributed by atoms with Crippen molar-refractivity contribution in [1.29, 1.82) is 0 Å². The van der Waals surface area contributed by atoms with Crippen LogP contribution in [-0.4, -0.2) is 58.6 Å². The lowest BCUT2D eigenvalue weighted by atomic mass is 9.49. The zero-order chi connectivity index (χ0) is 30.3. The van der Waals surface area contributed by atoms with E-state index in [1.54, 1.807) is 13.0 Å². The number of aliphatic hydroxyl groups is 2. The van der Waals surface area contributed by atoms with Crippen molar-refractivity contribution >= 4 is 24.0 Å². The highest BCUT2D eigenvalue weighted by atomic mass is 16.6. The van der Waals surface area contributed by atoms with E-state index in [-0.39, 0.29) is 12.3 Å². The summed E-state index contributed by atoms with van der Waals surface area (Å²) in [5.41, 5.74) is 1.19. The predicted octanol–water partition coefficient (Wildman–Crippen LogP) is 4.55. The molecule has 8 heteroatoms. The van der Waals surface area contributed by atoms with Gasteiger partial charge in [0.25, 0.3) is 0 Å². The van der Waals surface area contributed by atoms with Gasteiger partial charge in [-0.25, -0.2) is 4.79 Å². The Labute approximate surface area is 242 Å². The molecule has 2 fully saturated rings. The lowest BCUT2D eigenvalue weighted by Crippen LogP contribution is -2.63. The number of hydrogen-bond acceptors (Lipinski definition) is 8. The Hall–Kier alpha value is -3.23. The molecule has 8 nitrogen and oxygen atoms in total. The van der Waals surface area contributed by atoms with Gasteiger partial charge < -0.3 is 24.4 Å². The van der Waals surface area contributed by atoms with Crippen LogP contribution < -0.4 is 0 Å². The van der Waals surface area contributed by atoms with Crippen LogP contribution >= 0.6 is 0 Å². The summed E-state index contributed by atoms with van der Waals surface area (Å²) in [6, 6.07) is 9.36. The molecule has 3 aliphatic rings. The Balaban J connectivity index is 1.73. The van der Waals surface area contributed by atoms with E-state index >= 15 is 0 Å². The monoisotopic (exact) mass is 566 g/mol. The average molecular weight is 567 g/mol. The number of carbonyl (C=O) groups is 3. The third-order valence-corrected chi connectivity index (χ3v) is 9.69. The molecule has 2 N–H and O–H groups in total. The standard InChI is InChI=1S/C33H42O8/c1-18-24-15-23-16-25(39-20(3)34)19(2)29(32(23,5)6)30(40-21(4)35)31(38)33(24,7)27(36)17-26(18)41-28(37)14-13-22-11-9-8-10-12-22/h8-14,23-27,30-31,36,38H,1,15-17H2,2-7H3/b14-13+/t23?,24-,25+,26+,27+,30-,31+,33+/m1/s1. The Kier molecular flexibility index (Phi) is 8.67. The third-order valence-electron chi connectivity index (χ3n) is 9.69. The minimum Gasteiger partial charge on any atom is -0.458 e. The fourth-order valence-electron chi connectivity index (χ4n) is 7.33. The summed E-state index contributed by atoms with van der Waals surface area (Å²) in [4.78, 5) is 37.2. The molecule has 0 amide bonds. The first kappa shape index (κ1) is 30.7. The summed E-state index contributed by atoms with van der Waals surface area (Å²) in [7, 11) is 0. The summed E-state index contributed by atoms with van der Waals surface area (Å²) >= 11 is 0. The fraction of sp³-hybridized carbons (Fsp3) is 0.545. The molecule has 2 bridgehead atoms. The van der Waals surface area contributed by atoms with Crippen LogP contribution in [0.2, 0.25) is 0 Å². The number of aliphatic hydroxyl groups excluding tert-OH is 2. The topological polar surface area (TPSA) is 119 Å². The van der Waals surface area contributed by atoms with E-state index < -0.39 is 65.2 Å². The van der Waals surface area contributed by atoms with Gasteiger partial charge in [0, 0.05) is 31.8 Å². The number of carbonyl (C=O) groups excluding carboxylic acids is 3. The van der Waals surface area contributed by atoms with Crippen LogP contribution in [0.25, 0.3) is 6.08 Å². The van der Waals surface area contributed by atoms with Crippen LogP contribution in [0.1, 0.15) is 66.4 Å². The number of hydrogen-bond donors (Lipinski definition) is 2. The molecular formula is C33H42O8. The van der Waals surface area contributed by atoms with Crippen LogP contribution in [0.4, 0.5) is 0 Å². The Morgan fingerprint density at radius 3 is 2.17 bits per heavy atom. The minimum atomic E-state index is -1.31. The van der Waals surface area contributed by atoms with Crippen molar-refractivity contribution < 1.29 is 38.8 Å². The second-order valence-corrected chi connectivity index (χ2v) is 12.5. The van der Waals surface area contributed by atoms with Crippen molar-refractivity contribution in [1.82, 2.24) is 0 Å². The molecule has 0 aromatic heterocycles. The maximum absolute atomic E-state index is 12.8. The summed E-state index contributed by atoms with van der Waals surface area (Å²) in [6.07, 6.45) is -0.733. The molecule has 0 spiro atoms. The van der Waals surface area contributed by atoms with Crippen molar-refractivity contribution in [3.05, 3.63) is 65.3 Å². The van der Waals surface area contributed by atoms with Gasteiger partial charge in [-0.1, -0.05) is 57.7 Å². The third kappa shape index (κ3) is 5.77. The zero-order valence-corrected chi connectivity index (χ0v) is 24.8. The molecule has 2 saturated carbocycles. The number of ether oxygens (including phenoxy) is 3. The maximum atomic E-state index is 12.8. The molecular weight excluding hydrogens is 524 g/mol. The number of fused-ring (bicyclic) bond motifs is 3. The van der Waals surface area contributed by atoms with Gasteiger partial charge in [-0.15, -0.1) is 0 Å². The number of rotatable bonds is 5. The van der Waals surface area contributed by atoms with E-state index in [1.165, 1.54) is 19.9 Å². The van der Waals surface area contributed by atoms with Gasteiger partial charge in [-0.2, -0.15) is 0 Å². The average Bonchev–Trinajstić information content (AvgIpc) is 2.89. The van der Waals surface area contributed by atoms with Crippen molar-refractivity contribution in [2.24, 2.45) is 22.7 Å². The second-order valence-electron chi connectivity index (χ2n) is 12.5. The van der Waals surface area contributed by atoms with E-state index in [1.807, 2.05) is 51.1 Å². The molecule has 1 unspecified atom stereocenters. The van der Waals surface area contributed by atoms with Crippen LogP contribution in [0.5, 0.6) is 0 Å². The molecule has 222 valence electrons. The Morgan fingerprint density at radius 1 is 0.927 bits per heavy atom. The Morgan fingerprint density at radius 2 is 1.56 bits per heavy atom. The van der Waals surface area contributed by atoms with Crippen molar-refractivity contribution in [3.8, 4) is 0 Å². The lowest BCUT2D eigenvalue weighted by molar-refractivity contribution is -0.189. The highest BCUT2D eigenvalue weighted by molar-refractivity contribution is 5.87. The molecule has 8 atom stereocenters. The number of benzene rings is 1. The highest BCUT2D eigenvalue weighted by Crippen LogP contribution is 2.59. The largest absolute Gasteiger partial charge is 0.458 e. The number of esters is 3. The molecule has 4 rings (SSSR count). The van der Waals surface area contributed by atoms with Gasteiger partial charge in [-0.05, 0) is 65.4 Å². The van der Waals surface area contributed by atoms with Gasteiger partial charge in [0.2, 0.25) is 0 Å². The molecule has 0 saturated heterocycles. The Bertz CT molecular complexity index is 1260. The van der Waals surface area contributed by atoms with Gasteiger partial charge in [0.05, 0.1) is 6.10 Å². The summed E-state index contributed by atoms with van der Waals surface area (Å²) in [6.45, 7) is 14.7. The van der Waals surface area contributed by atoms with Crippen LogP contribution in [-0.2, 0) is 28.6 Å². The van der Waals surface area contributed by atoms with Crippen molar-refractivity contribution in [2.45, 2.75) is 91.3 Å². The summed E-state index contributed by atoms with van der Waals surface area (Å²) < 4.78 is 17.3. The van der Waals surface area contributed by atoms with Gasteiger partial charge in [0.1, 0.15) is 18.3 Å². The summed E-state index contributed by atoms with van der Waals surface area (Å²) in [5.74, 6) is -2.13. The van der Waals surface area contributed by atoms with Crippen molar-refractivity contribution in [3.63, 3.8) is 0 Å². The first-order valence-corrected chi connectivity index (χ1v) is 14.2. The molecule has 1 aromatic carbocycles. The minimum absolute atomic E-state index is 0.0444. The predicted molar refractivity (Wildman–Crippen MR) is 153 cm³/mol. The van der Waals surface area contributed by atoms with Crippen LogP contribution in [0.15, 0.2) is 59.7 Å². The fourth-order valence-corrected chi connectivity index (χ4v) is 7.33. The molecule has 1 aromatic rings. The second kappa shape index (κ2) is 11.6. The highest BCUT2D eigenvalue weighted by Gasteiger charge is 2.61. The van der Waals surface area contributed by atoms with Crippen LogP contribution in [0, 0.1) is 22.7 Å². The zero-order valence-electron chi connectivity index (χ0n) is 24.8. The van der Waals surface area contributed by atoms with E-state index in [2.05, 4.69) is 6.58 Å². The summed E-state index contributed by atoms with van der Waals surface area (Å²) in [5, 5.41) is 23.6. The van der Waals surface area contributed by atoms with Gasteiger partial charge in [0.15, 0.2) is 6.10 Å². The molecule has 0 aliphatic heterocycles. The van der Waals surface area contributed by atoms with E-state index in [9.17, 15) is 24.6 Å². The molecule has 0 radical (unpaired) electrons. The first-order valence-electron chi connectivity index (χ1n) is 14.2. The lowest BCUT2D eigenvalue weighted by Gasteiger charge is -2.58. The van der Waals surface area contributed by atoms with Gasteiger partial charge in [-0.3, -0.25) is 9.59 Å². The van der Waals surface area contributed by atoms with E-state index in [0.29, 0.717) is 24.0 Å². The smallest absolute Gasteiger partial charge is 0.331 e. The normalized spacial score (nSPS) is 34.7. The van der Waals surface area contributed by atoms with Crippen molar-refractivity contribution in [2.75, 3.05) is 0 Å². The van der Waals surface area contributed by atoms with E-state index in [0.717, 1.165) is 11.1 Å². The first-order chi connectivity index (χ1) is 19.2. The van der Waals surface area contributed by atoms with Crippen LogP contribution in [0.3, 0.4) is 0 Å². The molecule has 41 heavy (non-hydrogen) atoms. The molecule has 3 aliphatic carbocycles. The SMILES string of the molecule is C=C1[C@@H](OC(=O)/C=C/c2ccccc2)C[C@H](O)[C@]2(C)[C@@H]1CC1C[C@H](OC(C)=O)C(C)=C([C@@H](OC(C)=O)[C@@H]2O)C1(C)C. The van der Waals surface area contributed by atoms with Gasteiger partial charge >= 0.3 is 17.9 Å². The molecule has 0 heterocycles.